The van der Waals surface area contributed by atoms with Crippen LogP contribution in [0.5, 0.6) is 0 Å². The number of likely N-dealkylation sites (tertiary alicyclic amines) is 1. The molecule has 0 saturated carbocycles. The Hall–Kier alpha value is -2.63. The van der Waals surface area contributed by atoms with Gasteiger partial charge in [-0.2, -0.15) is 5.10 Å². The highest BCUT2D eigenvalue weighted by Crippen LogP contribution is 2.36. The fourth-order valence-electron chi connectivity index (χ4n) is 4.76. The lowest BCUT2D eigenvalue weighted by molar-refractivity contribution is -0.137. The predicted molar refractivity (Wildman–Crippen MR) is 105 cm³/mol. The van der Waals surface area contributed by atoms with Crippen LogP contribution >= 0.6 is 0 Å². The van der Waals surface area contributed by atoms with E-state index < -0.39 is 5.97 Å². The second-order valence-electron chi connectivity index (χ2n) is 7.98. The van der Waals surface area contributed by atoms with E-state index in [0.717, 1.165) is 55.3 Å². The highest BCUT2D eigenvalue weighted by Gasteiger charge is 2.33. The zero-order chi connectivity index (χ0) is 19.5. The highest BCUT2D eigenvalue weighted by molar-refractivity contribution is 5.94. The van der Waals surface area contributed by atoms with Crippen molar-refractivity contribution in [2.75, 3.05) is 13.1 Å². The third kappa shape index (κ3) is 3.81. The number of hydrogen-bond acceptors (Lipinski definition) is 3. The van der Waals surface area contributed by atoms with Gasteiger partial charge in [0.2, 0.25) is 0 Å². The molecule has 28 heavy (non-hydrogen) atoms. The van der Waals surface area contributed by atoms with Crippen LogP contribution in [-0.2, 0) is 17.6 Å². The number of carboxylic acid groups (broad SMARTS) is 1. The van der Waals surface area contributed by atoms with Crippen molar-refractivity contribution in [1.29, 1.82) is 0 Å². The third-order valence-corrected chi connectivity index (χ3v) is 6.28. The molecule has 0 spiro atoms. The van der Waals surface area contributed by atoms with Crippen LogP contribution in [0.25, 0.3) is 0 Å². The maximum Gasteiger partial charge on any atom is 0.303 e. The molecule has 2 heterocycles. The number of nitrogens with one attached hydrogen (secondary N) is 1. The molecule has 2 N–H and O–H groups in total. The molecule has 4 rings (SSSR count). The fraction of sp³-hybridized carbons (Fsp3) is 0.500. The van der Waals surface area contributed by atoms with Gasteiger partial charge in [0.15, 0.2) is 5.69 Å². The molecule has 2 aromatic rings. The summed E-state index contributed by atoms with van der Waals surface area (Å²) >= 11 is 0. The van der Waals surface area contributed by atoms with Crippen molar-refractivity contribution >= 4 is 11.9 Å². The van der Waals surface area contributed by atoms with Crippen LogP contribution in [0.4, 0.5) is 0 Å². The number of carbonyl (C=O) groups excluding carboxylic acids is 1. The highest BCUT2D eigenvalue weighted by atomic mass is 16.4. The summed E-state index contributed by atoms with van der Waals surface area (Å²) in [6, 6.07) is 9.91. The number of benzene rings is 1. The fourth-order valence-corrected chi connectivity index (χ4v) is 4.76. The Bertz CT molecular complexity index is 838. The Kier molecular flexibility index (Phi) is 5.46. The topological polar surface area (TPSA) is 86.3 Å². The second kappa shape index (κ2) is 8.17. The van der Waals surface area contributed by atoms with Crippen LogP contribution in [0, 0.1) is 5.92 Å². The van der Waals surface area contributed by atoms with Crippen molar-refractivity contribution < 1.29 is 14.7 Å². The van der Waals surface area contributed by atoms with Gasteiger partial charge in [-0.3, -0.25) is 14.7 Å². The molecule has 0 bridgehead atoms. The molecule has 1 aliphatic heterocycles. The number of carboxylic acids is 1. The van der Waals surface area contributed by atoms with E-state index in [0.29, 0.717) is 18.8 Å². The van der Waals surface area contributed by atoms with Crippen molar-refractivity contribution in [3.05, 3.63) is 52.8 Å². The minimum atomic E-state index is -0.768. The Labute approximate surface area is 164 Å². The molecule has 6 heteroatoms. The molecule has 1 aromatic carbocycles. The third-order valence-electron chi connectivity index (χ3n) is 6.28. The number of aliphatic carboxylic acids is 1. The minimum Gasteiger partial charge on any atom is -0.481 e. The van der Waals surface area contributed by atoms with E-state index in [2.05, 4.69) is 10.2 Å². The van der Waals surface area contributed by atoms with Crippen molar-refractivity contribution in [1.82, 2.24) is 15.1 Å². The first kappa shape index (κ1) is 18.7. The average molecular weight is 381 g/mol. The number of rotatable bonds is 5. The number of fused-ring (bicyclic) bond motifs is 1. The molecule has 148 valence electrons. The average Bonchev–Trinajstić information content (AvgIpc) is 3.16. The van der Waals surface area contributed by atoms with Gasteiger partial charge in [-0.05, 0) is 55.9 Å². The van der Waals surface area contributed by atoms with Gasteiger partial charge in [0.1, 0.15) is 0 Å². The van der Waals surface area contributed by atoms with E-state index >= 15 is 0 Å². The normalized spacial score (nSPS) is 18.5. The summed E-state index contributed by atoms with van der Waals surface area (Å²) in [6.45, 7) is 1.32. The molecule has 1 aromatic heterocycles. The van der Waals surface area contributed by atoms with Gasteiger partial charge in [-0.15, -0.1) is 0 Å². The number of aryl methyl sites for hydroxylation is 1. The summed E-state index contributed by atoms with van der Waals surface area (Å²) in [5, 5.41) is 16.8. The number of aromatic amines is 1. The van der Waals surface area contributed by atoms with Gasteiger partial charge in [0, 0.05) is 24.3 Å². The second-order valence-corrected chi connectivity index (χ2v) is 7.98. The number of aromatic nitrogens is 2. The largest absolute Gasteiger partial charge is 0.481 e. The lowest BCUT2D eigenvalue weighted by Crippen LogP contribution is -2.40. The lowest BCUT2D eigenvalue weighted by Gasteiger charge is -2.36. The molecule has 1 atom stereocenters. The zero-order valence-electron chi connectivity index (χ0n) is 16.1. The van der Waals surface area contributed by atoms with Gasteiger partial charge in [0.05, 0.1) is 6.42 Å². The number of piperidine rings is 1. The van der Waals surface area contributed by atoms with Crippen LogP contribution in [0.2, 0.25) is 0 Å². The van der Waals surface area contributed by atoms with Gasteiger partial charge in [-0.25, -0.2) is 0 Å². The predicted octanol–water partition coefficient (Wildman–Crippen LogP) is 3.40. The molecule has 1 fully saturated rings. The van der Waals surface area contributed by atoms with Gasteiger partial charge >= 0.3 is 5.97 Å². The lowest BCUT2D eigenvalue weighted by atomic mass is 9.78. The van der Waals surface area contributed by atoms with Crippen LogP contribution in [-0.4, -0.2) is 45.2 Å². The van der Waals surface area contributed by atoms with Crippen molar-refractivity contribution in [2.24, 2.45) is 5.92 Å². The summed E-state index contributed by atoms with van der Waals surface area (Å²) in [6.07, 6.45) is 5.96. The molecule has 1 amide bonds. The summed E-state index contributed by atoms with van der Waals surface area (Å²) in [5.74, 6) is -0.479. The minimum absolute atomic E-state index is 0.00547. The first-order valence-electron chi connectivity index (χ1n) is 10.3. The van der Waals surface area contributed by atoms with Crippen LogP contribution in [0.15, 0.2) is 30.3 Å². The summed E-state index contributed by atoms with van der Waals surface area (Å²) < 4.78 is 0. The van der Waals surface area contributed by atoms with E-state index in [4.69, 9.17) is 0 Å². The van der Waals surface area contributed by atoms with E-state index in [1.54, 1.807) is 0 Å². The SMILES string of the molecule is O=C(O)CC(c1ccccc1)C1CCN(C(=O)c2n[nH]c3c2CCCC3)CC1. The molecular formula is C22H27N3O3. The number of H-pyrrole nitrogens is 1. The number of carbonyl (C=O) groups is 2. The molecule has 0 radical (unpaired) electrons. The molecule has 1 aliphatic carbocycles. The van der Waals surface area contributed by atoms with Crippen LogP contribution in [0.3, 0.4) is 0 Å². The van der Waals surface area contributed by atoms with Crippen LogP contribution < -0.4 is 0 Å². The van der Waals surface area contributed by atoms with E-state index in [-0.39, 0.29) is 24.2 Å². The summed E-state index contributed by atoms with van der Waals surface area (Å²) in [5.41, 5.74) is 3.90. The molecule has 1 saturated heterocycles. The zero-order valence-corrected chi connectivity index (χ0v) is 16.1. The van der Waals surface area contributed by atoms with Crippen molar-refractivity contribution in [3.8, 4) is 0 Å². The Balaban J connectivity index is 1.44. The standard InChI is InChI=1S/C22H27N3O3/c26-20(27)14-18(15-6-2-1-3-7-15)16-10-12-25(13-11-16)22(28)21-17-8-4-5-9-19(17)23-24-21/h1-3,6-7,16,18H,4-5,8-14H2,(H,23,24)(H,26,27). The van der Waals surface area contributed by atoms with Gasteiger partial charge in [-0.1, -0.05) is 30.3 Å². The smallest absolute Gasteiger partial charge is 0.303 e. The monoisotopic (exact) mass is 381 g/mol. The molecule has 1 unspecified atom stereocenters. The van der Waals surface area contributed by atoms with Crippen LogP contribution in [0.1, 0.15) is 65.3 Å². The quantitative estimate of drug-likeness (QED) is 0.831. The van der Waals surface area contributed by atoms with Crippen molar-refractivity contribution in [2.45, 2.75) is 50.9 Å². The van der Waals surface area contributed by atoms with E-state index in [9.17, 15) is 14.7 Å². The van der Waals surface area contributed by atoms with Gasteiger partial charge in [0.25, 0.3) is 5.91 Å². The number of amides is 1. The Morgan fingerprint density at radius 1 is 1.14 bits per heavy atom. The molecule has 6 nitrogen and oxygen atoms in total. The maximum absolute atomic E-state index is 13.0. The summed E-state index contributed by atoms with van der Waals surface area (Å²) in [4.78, 5) is 26.3. The first-order valence-corrected chi connectivity index (χ1v) is 10.3. The Morgan fingerprint density at radius 2 is 1.86 bits per heavy atom. The molecular weight excluding hydrogens is 354 g/mol. The van der Waals surface area contributed by atoms with Gasteiger partial charge < -0.3 is 10.0 Å². The van der Waals surface area contributed by atoms with Crippen molar-refractivity contribution in [3.63, 3.8) is 0 Å². The Morgan fingerprint density at radius 3 is 2.57 bits per heavy atom. The number of nitrogens with zero attached hydrogens (tertiary/aromatic N) is 2. The number of hydrogen-bond donors (Lipinski definition) is 2. The van der Waals surface area contributed by atoms with E-state index in [1.165, 1.54) is 0 Å². The summed E-state index contributed by atoms with van der Waals surface area (Å²) in [7, 11) is 0. The van der Waals surface area contributed by atoms with E-state index in [1.807, 2.05) is 35.2 Å². The molecule has 2 aliphatic rings. The first-order chi connectivity index (χ1) is 13.6. The maximum atomic E-state index is 13.0.